The van der Waals surface area contributed by atoms with Gasteiger partial charge >= 0.3 is 0 Å². The maximum atomic E-state index is 11.5. The van der Waals surface area contributed by atoms with Crippen molar-refractivity contribution in [2.75, 3.05) is 26.8 Å². The van der Waals surface area contributed by atoms with Crippen LogP contribution < -0.4 is 15.0 Å². The van der Waals surface area contributed by atoms with Crippen LogP contribution in [0.25, 0.3) is 21.8 Å². The summed E-state index contributed by atoms with van der Waals surface area (Å²) in [4.78, 5) is 16.9. The number of rotatable bonds is 7. The highest BCUT2D eigenvalue weighted by Gasteiger charge is 2.19. The van der Waals surface area contributed by atoms with Crippen LogP contribution in [-0.2, 0) is 13.1 Å². The number of aromatic amines is 1. The predicted octanol–water partition coefficient (Wildman–Crippen LogP) is 4.17. The number of pyridine rings is 1. The molecular formula is C25H27N3O3. The van der Waals surface area contributed by atoms with E-state index in [1.54, 1.807) is 13.2 Å². The summed E-state index contributed by atoms with van der Waals surface area (Å²) >= 11 is 0. The smallest absolute Gasteiger partial charge is 0.248 e. The Morgan fingerprint density at radius 3 is 2.84 bits per heavy atom. The highest BCUT2D eigenvalue weighted by molar-refractivity contribution is 5.87. The minimum Gasteiger partial charge on any atom is -0.496 e. The molecule has 0 radical (unpaired) electrons. The van der Waals surface area contributed by atoms with Gasteiger partial charge in [-0.1, -0.05) is 6.07 Å². The molecule has 2 aromatic carbocycles. The fraction of sp³-hybridized carbons (Fsp3) is 0.320. The Morgan fingerprint density at radius 2 is 1.94 bits per heavy atom. The normalized spacial score (nSPS) is 14.1. The van der Waals surface area contributed by atoms with Crippen molar-refractivity contribution in [3.05, 3.63) is 70.6 Å². The Kier molecular flexibility index (Phi) is 5.38. The van der Waals surface area contributed by atoms with Crippen LogP contribution in [0.5, 0.6) is 11.5 Å². The van der Waals surface area contributed by atoms with Crippen LogP contribution in [0.3, 0.4) is 0 Å². The number of methoxy groups -OCH3 is 1. The molecule has 5 rings (SSSR count). The van der Waals surface area contributed by atoms with E-state index in [4.69, 9.17) is 9.47 Å². The Balaban J connectivity index is 1.13. The second-order valence-corrected chi connectivity index (χ2v) is 8.08. The summed E-state index contributed by atoms with van der Waals surface area (Å²) in [6.45, 7) is 4.78. The SMILES string of the molecule is COc1cccc2c1cc1n2CCN(CCCCOc2ccc3ccc(=O)[nH]c3c2)C1. The lowest BCUT2D eigenvalue weighted by atomic mass is 10.2. The van der Waals surface area contributed by atoms with Gasteiger partial charge in [0.2, 0.25) is 5.56 Å². The fourth-order valence-corrected chi connectivity index (χ4v) is 4.47. The highest BCUT2D eigenvalue weighted by Crippen LogP contribution is 2.31. The van der Waals surface area contributed by atoms with Crippen molar-refractivity contribution >= 4 is 21.8 Å². The van der Waals surface area contributed by atoms with Gasteiger partial charge in [-0.25, -0.2) is 0 Å². The van der Waals surface area contributed by atoms with Gasteiger partial charge < -0.3 is 19.0 Å². The number of unbranched alkanes of at least 4 members (excludes halogenated alkanes) is 1. The molecule has 6 nitrogen and oxygen atoms in total. The van der Waals surface area contributed by atoms with Crippen LogP contribution in [0.1, 0.15) is 18.5 Å². The van der Waals surface area contributed by atoms with Gasteiger partial charge in [-0.3, -0.25) is 9.69 Å². The van der Waals surface area contributed by atoms with Gasteiger partial charge in [0, 0.05) is 42.8 Å². The molecule has 0 bridgehead atoms. The molecule has 1 aliphatic heterocycles. The van der Waals surface area contributed by atoms with Crippen molar-refractivity contribution in [2.45, 2.75) is 25.9 Å². The van der Waals surface area contributed by atoms with Gasteiger partial charge in [0.1, 0.15) is 11.5 Å². The molecule has 0 unspecified atom stereocenters. The van der Waals surface area contributed by atoms with Crippen molar-refractivity contribution in [1.82, 2.24) is 14.5 Å². The molecule has 0 saturated carbocycles. The second kappa shape index (κ2) is 8.47. The lowest BCUT2D eigenvalue weighted by Crippen LogP contribution is -2.34. The van der Waals surface area contributed by atoms with Crippen molar-refractivity contribution in [2.24, 2.45) is 0 Å². The number of hydrogen-bond donors (Lipinski definition) is 1. The standard InChI is InChI=1S/C25H27N3O3/c1-30-24-6-4-5-23-21(24)15-19-17-27(12-13-28(19)23)11-2-3-14-31-20-9-7-18-8-10-25(29)26-22(18)16-20/h4-10,15-16H,2-3,11-14,17H2,1H3,(H,26,29). The molecule has 6 heteroatoms. The molecule has 1 aliphatic rings. The van der Waals surface area contributed by atoms with Gasteiger partial charge in [-0.15, -0.1) is 0 Å². The van der Waals surface area contributed by atoms with E-state index in [0.717, 1.165) is 61.4 Å². The number of ether oxygens (including phenoxy) is 2. The number of nitrogens with zero attached hydrogens (tertiary/aromatic N) is 2. The molecule has 2 aromatic heterocycles. The molecule has 0 amide bonds. The summed E-state index contributed by atoms with van der Waals surface area (Å²) in [6.07, 6.45) is 2.09. The van der Waals surface area contributed by atoms with E-state index >= 15 is 0 Å². The first-order valence-corrected chi connectivity index (χ1v) is 10.8. The lowest BCUT2D eigenvalue weighted by Gasteiger charge is -2.28. The maximum absolute atomic E-state index is 11.5. The van der Waals surface area contributed by atoms with Crippen LogP contribution >= 0.6 is 0 Å². The first-order valence-electron chi connectivity index (χ1n) is 10.8. The van der Waals surface area contributed by atoms with Gasteiger partial charge in [0.05, 0.1) is 24.8 Å². The Bertz CT molecular complexity index is 1270. The van der Waals surface area contributed by atoms with E-state index in [2.05, 4.69) is 32.7 Å². The Labute approximate surface area is 181 Å². The molecule has 1 N–H and O–H groups in total. The van der Waals surface area contributed by atoms with Crippen LogP contribution in [0.2, 0.25) is 0 Å². The first kappa shape index (κ1) is 19.7. The fourth-order valence-electron chi connectivity index (χ4n) is 4.47. The monoisotopic (exact) mass is 417 g/mol. The van der Waals surface area contributed by atoms with E-state index in [1.165, 1.54) is 16.6 Å². The van der Waals surface area contributed by atoms with Crippen LogP contribution in [0, 0.1) is 0 Å². The van der Waals surface area contributed by atoms with E-state index in [0.29, 0.717) is 6.61 Å². The topological polar surface area (TPSA) is 59.5 Å². The van der Waals surface area contributed by atoms with E-state index in [9.17, 15) is 4.79 Å². The molecule has 31 heavy (non-hydrogen) atoms. The number of fused-ring (bicyclic) bond motifs is 4. The first-order chi connectivity index (χ1) is 15.2. The van der Waals surface area contributed by atoms with Crippen molar-refractivity contribution < 1.29 is 9.47 Å². The maximum Gasteiger partial charge on any atom is 0.248 e. The minimum atomic E-state index is -0.0938. The number of nitrogens with one attached hydrogen (secondary N) is 1. The summed E-state index contributed by atoms with van der Waals surface area (Å²) in [5, 5.41) is 2.21. The number of hydrogen-bond acceptors (Lipinski definition) is 4. The van der Waals surface area contributed by atoms with Crippen LogP contribution in [0.15, 0.2) is 59.4 Å². The third kappa shape index (κ3) is 4.03. The number of H-pyrrole nitrogens is 1. The zero-order valence-corrected chi connectivity index (χ0v) is 17.8. The summed E-state index contributed by atoms with van der Waals surface area (Å²) < 4.78 is 13.9. The van der Waals surface area contributed by atoms with Crippen LogP contribution in [0.4, 0.5) is 0 Å². The number of benzene rings is 2. The molecule has 0 fully saturated rings. The molecule has 160 valence electrons. The van der Waals surface area contributed by atoms with Crippen molar-refractivity contribution in [3.8, 4) is 11.5 Å². The third-order valence-corrected chi connectivity index (χ3v) is 6.07. The lowest BCUT2D eigenvalue weighted by molar-refractivity contribution is 0.211. The quantitative estimate of drug-likeness (QED) is 0.459. The third-order valence-electron chi connectivity index (χ3n) is 6.07. The van der Waals surface area contributed by atoms with Gasteiger partial charge in [-0.05, 0) is 61.2 Å². The summed E-state index contributed by atoms with van der Waals surface area (Å²) in [5.74, 6) is 1.74. The van der Waals surface area contributed by atoms with Gasteiger partial charge in [-0.2, -0.15) is 0 Å². The van der Waals surface area contributed by atoms with E-state index < -0.39 is 0 Å². The molecule has 4 aromatic rings. The molecule has 0 spiro atoms. The average Bonchev–Trinajstić information content (AvgIpc) is 3.16. The zero-order chi connectivity index (χ0) is 21.2. The Hall–Kier alpha value is -3.25. The average molecular weight is 418 g/mol. The molecule has 0 aliphatic carbocycles. The van der Waals surface area contributed by atoms with Gasteiger partial charge in [0.25, 0.3) is 0 Å². The van der Waals surface area contributed by atoms with Gasteiger partial charge in [0.15, 0.2) is 0 Å². The zero-order valence-electron chi connectivity index (χ0n) is 17.8. The molecule has 3 heterocycles. The Morgan fingerprint density at radius 1 is 1.03 bits per heavy atom. The largest absolute Gasteiger partial charge is 0.496 e. The van der Waals surface area contributed by atoms with Crippen LogP contribution in [-0.4, -0.2) is 41.3 Å². The van der Waals surface area contributed by atoms with Crippen molar-refractivity contribution in [3.63, 3.8) is 0 Å². The predicted molar refractivity (Wildman–Crippen MR) is 123 cm³/mol. The summed E-state index contributed by atoms with van der Waals surface area (Å²) in [7, 11) is 1.73. The molecule has 0 saturated heterocycles. The molecule has 0 atom stereocenters. The summed E-state index contributed by atoms with van der Waals surface area (Å²) in [5.41, 5.74) is 3.33. The highest BCUT2D eigenvalue weighted by atomic mass is 16.5. The van der Waals surface area contributed by atoms with E-state index in [1.807, 2.05) is 30.3 Å². The minimum absolute atomic E-state index is 0.0938. The van der Waals surface area contributed by atoms with E-state index in [-0.39, 0.29) is 5.56 Å². The summed E-state index contributed by atoms with van der Waals surface area (Å²) in [6, 6.07) is 17.7. The number of aromatic nitrogens is 2. The molecular weight excluding hydrogens is 390 g/mol. The van der Waals surface area contributed by atoms with Crippen molar-refractivity contribution in [1.29, 1.82) is 0 Å². The second-order valence-electron chi connectivity index (χ2n) is 8.08.